The largest absolute Gasteiger partial charge is 0.340 e. The Morgan fingerprint density at radius 3 is 2.56 bits per heavy atom. The number of amides is 2. The van der Waals surface area contributed by atoms with E-state index < -0.39 is 17.2 Å². The van der Waals surface area contributed by atoms with Crippen LogP contribution in [0.25, 0.3) is 0 Å². The third kappa shape index (κ3) is 3.00. The molecular weight excluding hydrogens is 335 g/mol. The van der Waals surface area contributed by atoms with Gasteiger partial charge < -0.3 is 15.1 Å². The number of carbonyl (C=O) groups is 1. The molecule has 3 fully saturated rings. The molecule has 0 aromatic carbocycles. The van der Waals surface area contributed by atoms with Crippen LogP contribution >= 0.6 is 0 Å². The average Bonchev–Trinajstić information content (AvgIpc) is 3.28. The summed E-state index contributed by atoms with van der Waals surface area (Å²) in [6.45, 7) is 0.481. The monoisotopic (exact) mass is 355 g/mol. The number of hydrogen-bond acceptors (Lipinski definition) is 4. The van der Waals surface area contributed by atoms with E-state index in [1.807, 2.05) is 0 Å². The second kappa shape index (κ2) is 5.74. The van der Waals surface area contributed by atoms with Gasteiger partial charge in [0.05, 0.1) is 17.8 Å². The van der Waals surface area contributed by atoms with Crippen LogP contribution in [0.15, 0.2) is 12.4 Å². The molecule has 136 valence electrons. The van der Waals surface area contributed by atoms with Gasteiger partial charge in [-0.15, -0.1) is 0 Å². The van der Waals surface area contributed by atoms with Crippen molar-refractivity contribution in [3.8, 4) is 0 Å². The second-order valence-corrected chi connectivity index (χ2v) is 7.25. The van der Waals surface area contributed by atoms with Crippen molar-refractivity contribution < 1.29 is 18.0 Å². The van der Waals surface area contributed by atoms with Crippen LogP contribution < -0.4 is 10.2 Å². The molecule has 2 saturated heterocycles. The second-order valence-electron chi connectivity index (χ2n) is 7.25. The Balaban J connectivity index is 1.51. The number of aromatic nitrogens is 2. The number of anilines is 1. The summed E-state index contributed by atoms with van der Waals surface area (Å²) in [5, 5.41) is 2.87. The van der Waals surface area contributed by atoms with Gasteiger partial charge in [0.25, 0.3) is 5.92 Å². The molecule has 1 saturated carbocycles. The van der Waals surface area contributed by atoms with E-state index in [9.17, 15) is 18.0 Å². The van der Waals surface area contributed by atoms with Crippen LogP contribution in [0.5, 0.6) is 0 Å². The van der Waals surface area contributed by atoms with Gasteiger partial charge in [0, 0.05) is 38.6 Å². The predicted octanol–water partition coefficient (Wildman–Crippen LogP) is 2.03. The summed E-state index contributed by atoms with van der Waals surface area (Å²) in [6, 6.07) is -0.0626. The smallest absolute Gasteiger partial charge is 0.317 e. The first-order valence-electron chi connectivity index (χ1n) is 8.54. The zero-order chi connectivity index (χ0) is 17.7. The van der Waals surface area contributed by atoms with Gasteiger partial charge in [-0.3, -0.25) is 0 Å². The third-order valence-corrected chi connectivity index (χ3v) is 5.40. The summed E-state index contributed by atoms with van der Waals surface area (Å²) in [5.41, 5.74) is -1.32. The van der Waals surface area contributed by atoms with Gasteiger partial charge in [0.1, 0.15) is 0 Å². The van der Waals surface area contributed by atoms with E-state index in [0.29, 0.717) is 6.54 Å². The van der Waals surface area contributed by atoms with E-state index >= 15 is 0 Å². The minimum Gasteiger partial charge on any atom is -0.340 e. The molecule has 0 bridgehead atoms. The van der Waals surface area contributed by atoms with E-state index in [4.69, 9.17) is 0 Å². The molecule has 1 atom stereocenters. The highest BCUT2D eigenvalue weighted by Crippen LogP contribution is 2.49. The number of piperidine rings is 1. The van der Waals surface area contributed by atoms with Crippen molar-refractivity contribution in [3.63, 3.8) is 0 Å². The van der Waals surface area contributed by atoms with Crippen LogP contribution in [0, 0.1) is 11.2 Å². The molecule has 1 aromatic heterocycles. The number of carbonyl (C=O) groups excluding carboxylic acids is 1. The van der Waals surface area contributed by atoms with Gasteiger partial charge >= 0.3 is 6.03 Å². The number of likely N-dealkylation sites (tertiary alicyclic amines) is 1. The summed E-state index contributed by atoms with van der Waals surface area (Å²) in [4.78, 5) is 23.2. The van der Waals surface area contributed by atoms with Gasteiger partial charge in [0.15, 0.2) is 5.82 Å². The van der Waals surface area contributed by atoms with Crippen molar-refractivity contribution in [2.75, 3.05) is 31.1 Å². The third-order valence-electron chi connectivity index (χ3n) is 5.40. The van der Waals surface area contributed by atoms with Gasteiger partial charge in [-0.25, -0.2) is 27.9 Å². The molecule has 25 heavy (non-hydrogen) atoms. The maximum Gasteiger partial charge on any atom is 0.317 e. The lowest BCUT2D eigenvalue weighted by molar-refractivity contribution is -0.149. The maximum absolute atomic E-state index is 14.7. The molecule has 1 spiro atoms. The topological polar surface area (TPSA) is 61.4 Å². The van der Waals surface area contributed by atoms with E-state index in [-0.39, 0.29) is 50.5 Å². The highest BCUT2D eigenvalue weighted by atomic mass is 19.3. The van der Waals surface area contributed by atoms with Crippen molar-refractivity contribution in [1.82, 2.24) is 20.2 Å². The molecule has 1 N–H and O–H groups in total. The Bertz CT molecular complexity index is 666. The van der Waals surface area contributed by atoms with Crippen LogP contribution in [0.2, 0.25) is 0 Å². The predicted molar refractivity (Wildman–Crippen MR) is 83.9 cm³/mol. The Labute approximate surface area is 143 Å². The molecule has 1 aromatic rings. The molecule has 2 aliphatic heterocycles. The fourth-order valence-corrected chi connectivity index (χ4v) is 3.71. The summed E-state index contributed by atoms with van der Waals surface area (Å²) in [6.07, 6.45) is 3.87. The normalized spacial score (nSPS) is 28.4. The first-order chi connectivity index (χ1) is 11.9. The first-order valence-corrected chi connectivity index (χ1v) is 8.54. The Morgan fingerprint density at radius 2 is 1.88 bits per heavy atom. The molecule has 1 aliphatic carbocycles. The van der Waals surface area contributed by atoms with Crippen molar-refractivity contribution in [3.05, 3.63) is 18.2 Å². The molecule has 2 amide bonds. The highest BCUT2D eigenvalue weighted by Gasteiger charge is 2.60. The SMILES string of the molecule is O=C(NC1CC1)N1CCC(F)(F)C2(CCN(c3ncc(F)cn3)C2)C1. The summed E-state index contributed by atoms with van der Waals surface area (Å²) < 4.78 is 42.5. The van der Waals surface area contributed by atoms with Crippen LogP contribution in [-0.4, -0.2) is 59.0 Å². The van der Waals surface area contributed by atoms with Crippen LogP contribution in [0.1, 0.15) is 25.7 Å². The van der Waals surface area contributed by atoms with Crippen molar-refractivity contribution in [1.29, 1.82) is 0 Å². The van der Waals surface area contributed by atoms with Gasteiger partial charge in [0.2, 0.25) is 5.95 Å². The van der Waals surface area contributed by atoms with Gasteiger partial charge in [-0.1, -0.05) is 0 Å². The Kier molecular flexibility index (Phi) is 3.77. The van der Waals surface area contributed by atoms with E-state index in [1.54, 1.807) is 4.90 Å². The van der Waals surface area contributed by atoms with E-state index in [2.05, 4.69) is 15.3 Å². The summed E-state index contributed by atoms with van der Waals surface area (Å²) >= 11 is 0. The van der Waals surface area contributed by atoms with E-state index in [0.717, 1.165) is 25.2 Å². The van der Waals surface area contributed by atoms with Crippen LogP contribution in [0.4, 0.5) is 23.9 Å². The molecule has 6 nitrogen and oxygen atoms in total. The number of nitrogens with one attached hydrogen (secondary N) is 1. The quantitative estimate of drug-likeness (QED) is 0.882. The zero-order valence-electron chi connectivity index (χ0n) is 13.7. The van der Waals surface area contributed by atoms with Crippen LogP contribution in [0.3, 0.4) is 0 Å². The molecule has 3 heterocycles. The Hall–Kier alpha value is -2.06. The Morgan fingerprint density at radius 1 is 1.16 bits per heavy atom. The molecule has 9 heteroatoms. The lowest BCUT2D eigenvalue weighted by Gasteiger charge is -2.45. The number of nitrogens with zero attached hydrogens (tertiary/aromatic N) is 4. The standard InChI is InChI=1S/C16H20F3N5O/c17-11-7-20-13(21-8-11)23-5-3-15(9-23)10-24(6-4-16(15,18)19)14(25)22-12-1-2-12/h7-8,12H,1-6,9-10H2,(H,22,25). The first kappa shape index (κ1) is 16.4. The molecule has 1 unspecified atom stereocenters. The number of halogens is 3. The van der Waals surface area contributed by atoms with Crippen LogP contribution in [-0.2, 0) is 0 Å². The number of urea groups is 1. The number of alkyl halides is 2. The lowest BCUT2D eigenvalue weighted by Crippen LogP contribution is -2.59. The van der Waals surface area contributed by atoms with Gasteiger partial charge in [-0.05, 0) is 19.3 Å². The molecule has 4 rings (SSSR count). The lowest BCUT2D eigenvalue weighted by atomic mass is 9.75. The fourth-order valence-electron chi connectivity index (χ4n) is 3.71. The zero-order valence-corrected chi connectivity index (χ0v) is 13.7. The van der Waals surface area contributed by atoms with Crippen molar-refractivity contribution in [2.45, 2.75) is 37.6 Å². The number of hydrogen-bond donors (Lipinski definition) is 1. The van der Waals surface area contributed by atoms with Crippen molar-refractivity contribution in [2.24, 2.45) is 5.41 Å². The summed E-state index contributed by atoms with van der Waals surface area (Å²) in [7, 11) is 0. The van der Waals surface area contributed by atoms with E-state index in [1.165, 1.54) is 4.90 Å². The fraction of sp³-hybridized carbons (Fsp3) is 0.688. The average molecular weight is 355 g/mol. The molecular formula is C16H20F3N5O. The summed E-state index contributed by atoms with van der Waals surface area (Å²) in [5.74, 6) is -3.18. The van der Waals surface area contributed by atoms with Gasteiger partial charge in [-0.2, -0.15) is 0 Å². The van der Waals surface area contributed by atoms with Crippen molar-refractivity contribution >= 4 is 12.0 Å². The maximum atomic E-state index is 14.7. The molecule has 3 aliphatic rings. The highest BCUT2D eigenvalue weighted by molar-refractivity contribution is 5.75. The minimum absolute atomic E-state index is 0.0102. The minimum atomic E-state index is -2.86. The molecule has 0 radical (unpaired) electrons. The number of rotatable bonds is 2.